The molecule has 1 aliphatic carbocycles. The Balaban J connectivity index is 1.13. The lowest BCUT2D eigenvalue weighted by molar-refractivity contribution is -0.138. The molecule has 2 amide bonds. The van der Waals surface area contributed by atoms with E-state index in [-0.39, 0.29) is 48.2 Å². The Kier molecular flexibility index (Phi) is 5.36. The van der Waals surface area contributed by atoms with Crippen LogP contribution in [-0.2, 0) is 23.9 Å². The number of alkyl halides is 3. The van der Waals surface area contributed by atoms with Gasteiger partial charge >= 0.3 is 12.2 Å². The molecule has 6 rings (SSSR count). The first-order valence-electron chi connectivity index (χ1n) is 11.9. The SMILES string of the molecule is Cc1ccc(CC(=O)C[C@@H]2[C@H]3Oc4ccc(Oc5ccnc6c5CNC(=O)N6)cc4[C@@H]23)cc1C(F)(F)F. The first-order valence-corrected chi connectivity index (χ1v) is 11.9. The van der Waals surface area contributed by atoms with Crippen LogP contribution in [-0.4, -0.2) is 22.9 Å². The van der Waals surface area contributed by atoms with Gasteiger partial charge in [0, 0.05) is 36.4 Å². The van der Waals surface area contributed by atoms with Crippen molar-refractivity contribution in [3.63, 3.8) is 0 Å². The second kappa shape index (κ2) is 8.50. The molecule has 1 aromatic heterocycles. The van der Waals surface area contributed by atoms with Crippen molar-refractivity contribution in [1.82, 2.24) is 10.3 Å². The van der Waals surface area contributed by atoms with Crippen molar-refractivity contribution in [2.45, 2.75) is 44.5 Å². The van der Waals surface area contributed by atoms with E-state index in [1.54, 1.807) is 24.4 Å². The number of aromatic nitrogens is 1. The molecule has 0 bridgehead atoms. The molecule has 0 unspecified atom stereocenters. The average Bonchev–Trinajstić information content (AvgIpc) is 3.35. The number of urea groups is 1. The van der Waals surface area contributed by atoms with Gasteiger partial charge in [0.05, 0.1) is 17.7 Å². The summed E-state index contributed by atoms with van der Waals surface area (Å²) in [5, 5.41) is 5.34. The monoisotopic (exact) mass is 509 g/mol. The van der Waals surface area contributed by atoms with Gasteiger partial charge in [-0.1, -0.05) is 12.1 Å². The smallest absolute Gasteiger partial charge is 0.416 e. The molecule has 2 N–H and O–H groups in total. The topological polar surface area (TPSA) is 89.6 Å². The Morgan fingerprint density at radius 2 is 2.03 bits per heavy atom. The van der Waals surface area contributed by atoms with E-state index in [1.165, 1.54) is 13.0 Å². The summed E-state index contributed by atoms with van der Waals surface area (Å²) < 4.78 is 51.8. The average molecular weight is 509 g/mol. The summed E-state index contributed by atoms with van der Waals surface area (Å²) in [5.74, 6) is 2.24. The van der Waals surface area contributed by atoms with Crippen LogP contribution in [0.4, 0.5) is 23.8 Å². The zero-order chi connectivity index (χ0) is 25.9. The van der Waals surface area contributed by atoms with Gasteiger partial charge in [0.25, 0.3) is 0 Å². The minimum Gasteiger partial charge on any atom is -0.489 e. The second-order valence-electron chi connectivity index (χ2n) is 9.58. The third kappa shape index (κ3) is 4.36. The van der Waals surface area contributed by atoms with E-state index in [0.717, 1.165) is 22.9 Å². The zero-order valence-corrected chi connectivity index (χ0v) is 19.7. The molecule has 2 aromatic carbocycles. The van der Waals surface area contributed by atoms with Crippen LogP contribution in [0.15, 0.2) is 48.7 Å². The van der Waals surface area contributed by atoms with E-state index in [4.69, 9.17) is 9.47 Å². The highest BCUT2D eigenvalue weighted by atomic mass is 19.4. The molecule has 1 fully saturated rings. The van der Waals surface area contributed by atoms with Gasteiger partial charge in [-0.05, 0) is 48.4 Å². The Labute approximate surface area is 210 Å². The van der Waals surface area contributed by atoms with Gasteiger partial charge in [-0.15, -0.1) is 0 Å². The van der Waals surface area contributed by atoms with Crippen molar-refractivity contribution in [2.75, 3.05) is 5.32 Å². The molecule has 2 aliphatic heterocycles. The predicted octanol–water partition coefficient (Wildman–Crippen LogP) is 5.51. The molecule has 1 saturated carbocycles. The number of fused-ring (bicyclic) bond motifs is 4. The predicted molar refractivity (Wildman–Crippen MR) is 127 cm³/mol. The number of halogens is 3. The number of amides is 2. The quantitative estimate of drug-likeness (QED) is 0.457. The largest absolute Gasteiger partial charge is 0.489 e. The van der Waals surface area contributed by atoms with E-state index < -0.39 is 11.7 Å². The summed E-state index contributed by atoms with van der Waals surface area (Å²) in [5.41, 5.74) is 1.47. The Hall–Kier alpha value is -4.08. The van der Waals surface area contributed by atoms with Crippen molar-refractivity contribution >= 4 is 17.6 Å². The van der Waals surface area contributed by atoms with Crippen LogP contribution in [0.1, 0.15) is 40.2 Å². The normalized spacial score (nSPS) is 21.1. The number of aryl methyl sites for hydroxylation is 1. The van der Waals surface area contributed by atoms with Crippen LogP contribution in [0.3, 0.4) is 0 Å². The van der Waals surface area contributed by atoms with E-state index in [9.17, 15) is 22.8 Å². The lowest BCUT2D eigenvalue weighted by Gasteiger charge is -2.20. The number of pyridine rings is 1. The standard InChI is InChI=1S/C27H22F3N3O4/c1-13-2-3-14(9-20(13)27(28,29)30)8-15(34)10-18-23-17-11-16(4-5-21(17)37-24(18)23)36-22-6-7-31-25-19(22)12-32-26(35)33-25/h2-7,9,11,18,23-24H,8,10,12H2,1H3,(H2,31,32,33,35)/t18-,23-,24+/m0/s1. The van der Waals surface area contributed by atoms with Crippen LogP contribution in [0, 0.1) is 12.8 Å². The number of Topliss-reactive ketones (excluding diaryl/α,β-unsaturated/α-hetero) is 1. The number of anilines is 1. The van der Waals surface area contributed by atoms with Crippen LogP contribution >= 0.6 is 0 Å². The molecule has 7 nitrogen and oxygen atoms in total. The summed E-state index contributed by atoms with van der Waals surface area (Å²) in [6, 6.07) is 11.0. The highest BCUT2D eigenvalue weighted by molar-refractivity contribution is 5.91. The summed E-state index contributed by atoms with van der Waals surface area (Å²) in [6.45, 7) is 1.70. The zero-order valence-electron chi connectivity index (χ0n) is 19.7. The van der Waals surface area contributed by atoms with Crippen molar-refractivity contribution < 1.29 is 32.2 Å². The lowest BCUT2D eigenvalue weighted by atomic mass is 9.98. The molecular formula is C27H22F3N3O4. The van der Waals surface area contributed by atoms with Gasteiger partial charge in [0.1, 0.15) is 35.0 Å². The Bertz CT molecular complexity index is 1440. The van der Waals surface area contributed by atoms with Crippen molar-refractivity contribution in [1.29, 1.82) is 0 Å². The molecule has 190 valence electrons. The first-order chi connectivity index (χ1) is 17.7. The summed E-state index contributed by atoms with van der Waals surface area (Å²) in [4.78, 5) is 28.4. The van der Waals surface area contributed by atoms with Gasteiger partial charge in [-0.3, -0.25) is 10.1 Å². The summed E-state index contributed by atoms with van der Waals surface area (Å²) >= 11 is 0. The van der Waals surface area contributed by atoms with Crippen molar-refractivity contribution in [3.05, 3.63) is 76.5 Å². The van der Waals surface area contributed by atoms with E-state index in [0.29, 0.717) is 29.4 Å². The highest BCUT2D eigenvalue weighted by Gasteiger charge is 2.59. The fourth-order valence-corrected chi connectivity index (χ4v) is 5.20. The van der Waals surface area contributed by atoms with Gasteiger partial charge in [0.15, 0.2) is 0 Å². The third-order valence-electron chi connectivity index (χ3n) is 7.07. The minimum absolute atomic E-state index is 0.0177. The number of hydrogen-bond acceptors (Lipinski definition) is 5. The summed E-state index contributed by atoms with van der Waals surface area (Å²) in [6.07, 6.45) is -2.83. The number of ketones is 1. The maximum absolute atomic E-state index is 13.2. The number of hydrogen-bond donors (Lipinski definition) is 2. The molecule has 0 spiro atoms. The molecule has 3 atom stereocenters. The number of nitrogens with zero attached hydrogens (tertiary/aromatic N) is 1. The lowest BCUT2D eigenvalue weighted by Crippen LogP contribution is -2.34. The van der Waals surface area contributed by atoms with Gasteiger partial charge in [0.2, 0.25) is 0 Å². The molecule has 3 heterocycles. The first kappa shape index (κ1) is 23.3. The molecule has 37 heavy (non-hydrogen) atoms. The third-order valence-corrected chi connectivity index (χ3v) is 7.07. The molecule has 3 aliphatic rings. The molecule has 0 saturated heterocycles. The maximum atomic E-state index is 13.2. The van der Waals surface area contributed by atoms with Gasteiger partial charge in [-0.2, -0.15) is 13.2 Å². The van der Waals surface area contributed by atoms with Crippen LogP contribution < -0.4 is 20.1 Å². The van der Waals surface area contributed by atoms with Gasteiger partial charge in [-0.25, -0.2) is 9.78 Å². The van der Waals surface area contributed by atoms with Crippen LogP contribution in [0.5, 0.6) is 17.2 Å². The van der Waals surface area contributed by atoms with Crippen molar-refractivity contribution in [3.8, 4) is 17.2 Å². The second-order valence-corrected chi connectivity index (χ2v) is 9.58. The van der Waals surface area contributed by atoms with Crippen LogP contribution in [0.25, 0.3) is 0 Å². The fraction of sp³-hybridized carbons (Fsp3) is 0.296. The number of rotatable bonds is 6. The maximum Gasteiger partial charge on any atom is 0.416 e. The van der Waals surface area contributed by atoms with E-state index in [2.05, 4.69) is 15.6 Å². The van der Waals surface area contributed by atoms with Gasteiger partial charge < -0.3 is 14.8 Å². The van der Waals surface area contributed by atoms with E-state index in [1.807, 2.05) is 12.1 Å². The molecule has 3 aromatic rings. The van der Waals surface area contributed by atoms with E-state index >= 15 is 0 Å². The molecule has 10 heteroatoms. The number of benzene rings is 2. The molecular weight excluding hydrogens is 487 g/mol. The minimum atomic E-state index is -4.45. The Morgan fingerprint density at radius 3 is 2.84 bits per heavy atom. The number of carbonyl (C=O) groups excluding carboxylic acids is 2. The van der Waals surface area contributed by atoms with Crippen molar-refractivity contribution in [2.24, 2.45) is 5.92 Å². The number of nitrogens with one attached hydrogen (secondary N) is 2. The number of ether oxygens (including phenoxy) is 2. The Morgan fingerprint density at radius 1 is 1.19 bits per heavy atom. The fourth-order valence-electron chi connectivity index (χ4n) is 5.20. The highest BCUT2D eigenvalue weighted by Crippen LogP contribution is 2.60. The molecule has 0 radical (unpaired) electrons. The summed E-state index contributed by atoms with van der Waals surface area (Å²) in [7, 11) is 0. The number of carbonyl (C=O) groups is 2. The van der Waals surface area contributed by atoms with Crippen LogP contribution in [0.2, 0.25) is 0 Å².